The van der Waals surface area contributed by atoms with Gasteiger partial charge in [0.15, 0.2) is 0 Å². The average Bonchev–Trinajstić information content (AvgIpc) is 3.11. The van der Waals surface area contributed by atoms with Crippen molar-refractivity contribution >= 4 is 11.6 Å². The lowest BCUT2D eigenvalue weighted by atomic mass is 10.2. The molecule has 0 spiro atoms. The predicted molar refractivity (Wildman–Crippen MR) is 85.5 cm³/mol. The number of methoxy groups -OCH3 is 1. The SMILES string of the molecule is COc1ccccc1-c1nnc(C(=O)N(C)c2ccccc2)o1. The van der Waals surface area contributed by atoms with Crippen molar-refractivity contribution in [1.82, 2.24) is 10.2 Å². The molecule has 2 aromatic carbocycles. The second-order valence-corrected chi connectivity index (χ2v) is 4.81. The van der Waals surface area contributed by atoms with Crippen LogP contribution in [-0.4, -0.2) is 30.3 Å². The Bertz CT molecular complexity index is 815. The molecule has 1 amide bonds. The number of para-hydroxylation sites is 2. The average molecular weight is 309 g/mol. The van der Waals surface area contributed by atoms with E-state index in [4.69, 9.17) is 9.15 Å². The number of hydrogen-bond acceptors (Lipinski definition) is 5. The molecule has 1 heterocycles. The first-order chi connectivity index (χ1) is 11.2. The molecular formula is C17H15N3O3. The normalized spacial score (nSPS) is 10.3. The second kappa shape index (κ2) is 6.31. The van der Waals surface area contributed by atoms with Gasteiger partial charge in [0.1, 0.15) is 5.75 Å². The van der Waals surface area contributed by atoms with Gasteiger partial charge >= 0.3 is 11.8 Å². The Hall–Kier alpha value is -3.15. The van der Waals surface area contributed by atoms with Crippen molar-refractivity contribution in [2.45, 2.75) is 0 Å². The molecule has 0 saturated heterocycles. The van der Waals surface area contributed by atoms with Gasteiger partial charge in [0, 0.05) is 12.7 Å². The fourth-order valence-corrected chi connectivity index (χ4v) is 2.15. The van der Waals surface area contributed by atoms with Crippen LogP contribution in [0.4, 0.5) is 5.69 Å². The maximum absolute atomic E-state index is 12.4. The zero-order chi connectivity index (χ0) is 16.2. The molecule has 3 aromatic rings. The fraction of sp³-hybridized carbons (Fsp3) is 0.118. The van der Waals surface area contributed by atoms with Crippen LogP contribution in [-0.2, 0) is 0 Å². The maximum atomic E-state index is 12.4. The minimum absolute atomic E-state index is 0.0720. The van der Waals surface area contributed by atoms with Gasteiger partial charge in [-0.3, -0.25) is 4.79 Å². The van der Waals surface area contributed by atoms with Gasteiger partial charge in [0.25, 0.3) is 5.89 Å². The molecule has 0 aliphatic rings. The highest BCUT2D eigenvalue weighted by Gasteiger charge is 2.21. The van der Waals surface area contributed by atoms with Crippen molar-refractivity contribution in [2.75, 3.05) is 19.1 Å². The molecule has 0 fully saturated rings. The van der Waals surface area contributed by atoms with Crippen molar-refractivity contribution in [3.05, 3.63) is 60.5 Å². The summed E-state index contributed by atoms with van der Waals surface area (Å²) in [5, 5.41) is 7.80. The van der Waals surface area contributed by atoms with E-state index in [2.05, 4.69) is 10.2 Å². The van der Waals surface area contributed by atoms with E-state index in [-0.39, 0.29) is 17.7 Å². The van der Waals surface area contributed by atoms with E-state index in [1.807, 2.05) is 42.5 Å². The quantitative estimate of drug-likeness (QED) is 0.741. The molecule has 1 aromatic heterocycles. The highest BCUT2D eigenvalue weighted by atomic mass is 16.5. The number of ether oxygens (including phenoxy) is 1. The van der Waals surface area contributed by atoms with E-state index in [0.717, 1.165) is 5.69 Å². The lowest BCUT2D eigenvalue weighted by Gasteiger charge is -2.14. The van der Waals surface area contributed by atoms with E-state index in [0.29, 0.717) is 11.3 Å². The first-order valence-electron chi connectivity index (χ1n) is 7.00. The van der Waals surface area contributed by atoms with Crippen LogP contribution in [0, 0.1) is 0 Å². The van der Waals surface area contributed by atoms with Crippen LogP contribution in [0.3, 0.4) is 0 Å². The molecule has 6 heteroatoms. The highest BCUT2D eigenvalue weighted by Crippen LogP contribution is 2.28. The zero-order valence-electron chi connectivity index (χ0n) is 12.8. The van der Waals surface area contributed by atoms with Crippen LogP contribution in [0.2, 0.25) is 0 Å². The molecule has 0 saturated carbocycles. The third-order valence-electron chi connectivity index (χ3n) is 3.39. The molecule has 0 aliphatic carbocycles. The van der Waals surface area contributed by atoms with Crippen molar-refractivity contribution in [1.29, 1.82) is 0 Å². The van der Waals surface area contributed by atoms with Crippen LogP contribution in [0.1, 0.15) is 10.7 Å². The van der Waals surface area contributed by atoms with Gasteiger partial charge in [0.05, 0.1) is 12.7 Å². The lowest BCUT2D eigenvalue weighted by Crippen LogP contribution is -2.26. The fourth-order valence-electron chi connectivity index (χ4n) is 2.15. The van der Waals surface area contributed by atoms with Crippen molar-refractivity contribution < 1.29 is 13.9 Å². The number of rotatable bonds is 4. The van der Waals surface area contributed by atoms with Crippen molar-refractivity contribution in [3.63, 3.8) is 0 Å². The molecule has 0 aliphatic heterocycles. The highest BCUT2D eigenvalue weighted by molar-refractivity contribution is 6.02. The summed E-state index contributed by atoms with van der Waals surface area (Å²) in [7, 11) is 3.22. The van der Waals surface area contributed by atoms with Gasteiger partial charge in [-0.2, -0.15) is 0 Å². The van der Waals surface area contributed by atoms with Gasteiger partial charge in [-0.25, -0.2) is 0 Å². The first-order valence-corrected chi connectivity index (χ1v) is 7.00. The summed E-state index contributed by atoms with van der Waals surface area (Å²) >= 11 is 0. The molecule has 0 bridgehead atoms. The summed E-state index contributed by atoms with van der Waals surface area (Å²) in [4.78, 5) is 13.9. The Morgan fingerprint density at radius 3 is 2.48 bits per heavy atom. The minimum Gasteiger partial charge on any atom is -0.496 e. The van der Waals surface area contributed by atoms with Crippen molar-refractivity contribution in [2.24, 2.45) is 0 Å². The van der Waals surface area contributed by atoms with Gasteiger partial charge in [-0.15, -0.1) is 10.2 Å². The third-order valence-corrected chi connectivity index (χ3v) is 3.39. The van der Waals surface area contributed by atoms with Crippen LogP contribution < -0.4 is 9.64 Å². The smallest absolute Gasteiger partial charge is 0.315 e. The number of nitrogens with zero attached hydrogens (tertiary/aromatic N) is 3. The summed E-state index contributed by atoms with van der Waals surface area (Å²) in [6.07, 6.45) is 0. The number of amides is 1. The molecule has 6 nitrogen and oxygen atoms in total. The number of aromatic nitrogens is 2. The molecule has 116 valence electrons. The van der Waals surface area contributed by atoms with Crippen LogP contribution >= 0.6 is 0 Å². The largest absolute Gasteiger partial charge is 0.496 e. The maximum Gasteiger partial charge on any atom is 0.315 e. The Kier molecular flexibility index (Phi) is 4.05. The number of hydrogen-bond donors (Lipinski definition) is 0. The third kappa shape index (κ3) is 2.91. The van der Waals surface area contributed by atoms with Gasteiger partial charge in [-0.05, 0) is 24.3 Å². The van der Waals surface area contributed by atoms with Gasteiger partial charge < -0.3 is 14.1 Å². The van der Waals surface area contributed by atoms with E-state index in [1.54, 1.807) is 26.3 Å². The summed E-state index contributed by atoms with van der Waals surface area (Å²) in [6, 6.07) is 16.5. The second-order valence-electron chi connectivity index (χ2n) is 4.81. The standard InChI is InChI=1S/C17H15N3O3/c1-20(12-8-4-3-5-9-12)17(21)16-19-18-15(23-16)13-10-6-7-11-14(13)22-2/h3-11H,1-2H3. The Morgan fingerprint density at radius 1 is 1.04 bits per heavy atom. The topological polar surface area (TPSA) is 68.5 Å². The Labute approximate surface area is 133 Å². The minimum atomic E-state index is -0.371. The van der Waals surface area contributed by atoms with Gasteiger partial charge in [-0.1, -0.05) is 30.3 Å². The van der Waals surface area contributed by atoms with Gasteiger partial charge in [0.2, 0.25) is 0 Å². The Balaban J connectivity index is 1.88. The first kappa shape index (κ1) is 14.8. The number of carbonyl (C=O) groups excluding carboxylic acids is 1. The molecular weight excluding hydrogens is 294 g/mol. The molecule has 23 heavy (non-hydrogen) atoms. The van der Waals surface area contributed by atoms with Crippen LogP contribution in [0.25, 0.3) is 11.5 Å². The van der Waals surface area contributed by atoms with Crippen LogP contribution in [0.15, 0.2) is 59.0 Å². The van der Waals surface area contributed by atoms with E-state index < -0.39 is 0 Å². The molecule has 0 atom stereocenters. The summed E-state index contributed by atoms with van der Waals surface area (Å²) in [5.74, 6) is 0.404. The van der Waals surface area contributed by atoms with E-state index in [1.165, 1.54) is 4.90 Å². The summed E-state index contributed by atoms with van der Waals surface area (Å²) in [5.41, 5.74) is 1.39. The number of benzene rings is 2. The predicted octanol–water partition coefficient (Wildman–Crippen LogP) is 3.02. The Morgan fingerprint density at radius 2 is 1.74 bits per heavy atom. The van der Waals surface area contributed by atoms with E-state index in [9.17, 15) is 4.79 Å². The summed E-state index contributed by atoms with van der Waals surface area (Å²) in [6.45, 7) is 0. The molecule has 0 radical (unpaired) electrons. The molecule has 3 rings (SSSR count). The van der Waals surface area contributed by atoms with E-state index >= 15 is 0 Å². The number of carbonyl (C=O) groups is 1. The monoisotopic (exact) mass is 309 g/mol. The van der Waals surface area contributed by atoms with Crippen molar-refractivity contribution in [3.8, 4) is 17.2 Å². The molecule has 0 N–H and O–H groups in total. The summed E-state index contributed by atoms with van der Waals surface area (Å²) < 4.78 is 10.8. The molecule has 0 unspecified atom stereocenters. The lowest BCUT2D eigenvalue weighted by molar-refractivity contribution is 0.0960. The van der Waals surface area contributed by atoms with Crippen LogP contribution in [0.5, 0.6) is 5.75 Å². The number of anilines is 1. The zero-order valence-corrected chi connectivity index (χ0v) is 12.8.